The Kier molecular flexibility index (Phi) is 4.32. The molecule has 0 bridgehead atoms. The van der Waals surface area contributed by atoms with E-state index in [0.717, 1.165) is 6.07 Å². The molecule has 0 radical (unpaired) electrons. The van der Waals surface area contributed by atoms with E-state index in [-0.39, 0.29) is 12.6 Å². The topological polar surface area (TPSA) is 29.3 Å². The lowest BCUT2D eigenvalue weighted by atomic mass is 10.1. The van der Waals surface area contributed by atoms with Gasteiger partial charge < -0.3 is 5.73 Å². The summed E-state index contributed by atoms with van der Waals surface area (Å²) in [4.78, 5) is 2.10. The van der Waals surface area contributed by atoms with E-state index >= 15 is 0 Å². The summed E-state index contributed by atoms with van der Waals surface area (Å²) in [5.41, 5.74) is 5.78. The molecular formula is C11H14F2N2S. The first-order valence-corrected chi connectivity index (χ1v) is 5.26. The minimum atomic E-state index is -0.839. The molecule has 0 aliphatic heterocycles. The third-order valence-corrected chi connectivity index (χ3v) is 2.87. The lowest BCUT2D eigenvalue weighted by molar-refractivity contribution is 0.297. The van der Waals surface area contributed by atoms with Crippen LogP contribution in [-0.4, -0.2) is 23.0 Å². The second-order valence-electron chi connectivity index (χ2n) is 3.71. The van der Waals surface area contributed by atoms with Crippen molar-refractivity contribution in [3.05, 3.63) is 35.4 Å². The highest BCUT2D eigenvalue weighted by atomic mass is 32.1. The normalized spacial score (nSPS) is 12.8. The molecule has 2 nitrogen and oxygen atoms in total. The van der Waals surface area contributed by atoms with Gasteiger partial charge in [-0.15, -0.1) is 0 Å². The molecule has 0 spiro atoms. The summed E-state index contributed by atoms with van der Waals surface area (Å²) in [5.74, 6) is -1.65. The van der Waals surface area contributed by atoms with Crippen LogP contribution in [0.15, 0.2) is 18.2 Å². The highest BCUT2D eigenvalue weighted by Crippen LogP contribution is 2.14. The van der Waals surface area contributed by atoms with Crippen LogP contribution in [0.5, 0.6) is 0 Å². The maximum Gasteiger partial charge on any atom is 0.163 e. The van der Waals surface area contributed by atoms with Crippen molar-refractivity contribution in [2.45, 2.75) is 19.5 Å². The van der Waals surface area contributed by atoms with Gasteiger partial charge in [-0.3, -0.25) is 4.90 Å². The first-order chi connectivity index (χ1) is 7.43. The number of halogens is 2. The maximum absolute atomic E-state index is 13.4. The van der Waals surface area contributed by atoms with E-state index in [1.807, 2.05) is 6.92 Å². The average Bonchev–Trinajstić information content (AvgIpc) is 2.23. The highest BCUT2D eigenvalue weighted by molar-refractivity contribution is 7.80. The van der Waals surface area contributed by atoms with Crippen LogP contribution >= 0.6 is 12.2 Å². The van der Waals surface area contributed by atoms with Gasteiger partial charge in [0.2, 0.25) is 0 Å². The van der Waals surface area contributed by atoms with Gasteiger partial charge in [0.1, 0.15) is 0 Å². The summed E-state index contributed by atoms with van der Waals surface area (Å²) in [5, 5.41) is 0. The van der Waals surface area contributed by atoms with Gasteiger partial charge in [0.25, 0.3) is 0 Å². The molecule has 1 rings (SSSR count). The van der Waals surface area contributed by atoms with Crippen molar-refractivity contribution < 1.29 is 8.78 Å². The Morgan fingerprint density at radius 2 is 2.12 bits per heavy atom. The smallest absolute Gasteiger partial charge is 0.163 e. The predicted molar refractivity (Wildman–Crippen MR) is 64.1 cm³/mol. The van der Waals surface area contributed by atoms with Gasteiger partial charge in [-0.1, -0.05) is 24.4 Å². The zero-order valence-corrected chi connectivity index (χ0v) is 10.0. The van der Waals surface area contributed by atoms with Crippen LogP contribution in [0.4, 0.5) is 8.78 Å². The van der Waals surface area contributed by atoms with Crippen LogP contribution < -0.4 is 5.73 Å². The van der Waals surface area contributed by atoms with Crippen molar-refractivity contribution in [2.24, 2.45) is 5.73 Å². The van der Waals surface area contributed by atoms with Crippen LogP contribution in [0.1, 0.15) is 12.5 Å². The molecule has 88 valence electrons. The molecule has 2 N–H and O–H groups in total. The quantitative estimate of drug-likeness (QED) is 0.822. The molecule has 1 aromatic carbocycles. The number of nitrogens with two attached hydrogens (primary N) is 1. The van der Waals surface area contributed by atoms with Gasteiger partial charge >= 0.3 is 0 Å². The van der Waals surface area contributed by atoms with E-state index in [1.165, 1.54) is 6.07 Å². The molecule has 0 aliphatic carbocycles. The Bertz CT molecular complexity index is 396. The first kappa shape index (κ1) is 13.0. The third kappa shape index (κ3) is 2.96. The second kappa shape index (κ2) is 5.32. The zero-order valence-electron chi connectivity index (χ0n) is 9.21. The minimum absolute atomic E-state index is 0.155. The number of hydrogen-bond donors (Lipinski definition) is 1. The Labute approximate surface area is 99.0 Å². The molecular weight excluding hydrogens is 230 g/mol. The van der Waals surface area contributed by atoms with E-state index in [4.69, 9.17) is 18.0 Å². The standard InChI is InChI=1S/C11H14F2N2S/c1-7(11(14)16)15(2)6-8-4-3-5-9(12)10(8)13/h3-5,7H,6H2,1-2H3,(H2,14,16). The number of thiocarbonyl (C=S) groups is 1. The summed E-state index contributed by atoms with van der Waals surface area (Å²) < 4.78 is 26.3. The van der Waals surface area contributed by atoms with Gasteiger partial charge in [0.05, 0.1) is 11.0 Å². The molecule has 0 fully saturated rings. The summed E-state index contributed by atoms with van der Waals surface area (Å²) in [6.45, 7) is 2.08. The van der Waals surface area contributed by atoms with Crippen molar-refractivity contribution >= 4 is 17.2 Å². The largest absolute Gasteiger partial charge is 0.392 e. The minimum Gasteiger partial charge on any atom is -0.392 e. The van der Waals surface area contributed by atoms with Crippen LogP contribution in [0.3, 0.4) is 0 Å². The molecule has 0 aromatic heterocycles. The van der Waals surface area contributed by atoms with Crippen molar-refractivity contribution in [3.8, 4) is 0 Å². The number of nitrogens with zero attached hydrogens (tertiary/aromatic N) is 1. The molecule has 0 saturated carbocycles. The van der Waals surface area contributed by atoms with Crippen LogP contribution in [0, 0.1) is 11.6 Å². The van der Waals surface area contributed by atoms with E-state index in [0.29, 0.717) is 10.6 Å². The average molecular weight is 244 g/mol. The molecule has 1 unspecified atom stereocenters. The van der Waals surface area contributed by atoms with Crippen molar-refractivity contribution in [1.82, 2.24) is 4.90 Å². The monoisotopic (exact) mass is 244 g/mol. The van der Waals surface area contributed by atoms with Crippen LogP contribution in [0.25, 0.3) is 0 Å². The fourth-order valence-electron chi connectivity index (χ4n) is 1.29. The first-order valence-electron chi connectivity index (χ1n) is 4.86. The predicted octanol–water partition coefficient (Wildman–Crippen LogP) is 2.07. The van der Waals surface area contributed by atoms with Gasteiger partial charge in [-0.2, -0.15) is 0 Å². The van der Waals surface area contributed by atoms with Crippen molar-refractivity contribution in [1.29, 1.82) is 0 Å². The fourth-order valence-corrected chi connectivity index (χ4v) is 1.47. The van der Waals surface area contributed by atoms with Crippen LogP contribution in [-0.2, 0) is 6.54 Å². The molecule has 1 aromatic rings. The zero-order chi connectivity index (χ0) is 12.3. The van der Waals surface area contributed by atoms with E-state index in [1.54, 1.807) is 18.0 Å². The number of hydrogen-bond acceptors (Lipinski definition) is 2. The van der Waals surface area contributed by atoms with E-state index in [9.17, 15) is 8.78 Å². The molecule has 0 amide bonds. The summed E-state index contributed by atoms with van der Waals surface area (Å²) >= 11 is 4.84. The number of benzene rings is 1. The van der Waals surface area contributed by atoms with Gasteiger partial charge in [0, 0.05) is 12.1 Å². The van der Waals surface area contributed by atoms with E-state index in [2.05, 4.69) is 0 Å². The second-order valence-corrected chi connectivity index (χ2v) is 4.18. The van der Waals surface area contributed by atoms with Gasteiger partial charge in [-0.05, 0) is 20.0 Å². The van der Waals surface area contributed by atoms with E-state index < -0.39 is 11.6 Å². The Morgan fingerprint density at radius 1 is 1.50 bits per heavy atom. The van der Waals surface area contributed by atoms with Crippen LogP contribution in [0.2, 0.25) is 0 Å². The maximum atomic E-state index is 13.4. The Hall–Kier alpha value is -1.07. The SMILES string of the molecule is CC(C(N)=S)N(C)Cc1cccc(F)c1F. The molecule has 0 saturated heterocycles. The molecule has 1 atom stereocenters. The molecule has 16 heavy (non-hydrogen) atoms. The fraction of sp³-hybridized carbons (Fsp3) is 0.364. The lowest BCUT2D eigenvalue weighted by Crippen LogP contribution is -2.38. The third-order valence-electron chi connectivity index (χ3n) is 2.52. The van der Waals surface area contributed by atoms with Gasteiger partial charge in [0.15, 0.2) is 11.6 Å². The van der Waals surface area contributed by atoms with Crippen molar-refractivity contribution in [3.63, 3.8) is 0 Å². The van der Waals surface area contributed by atoms with Crippen molar-refractivity contribution in [2.75, 3.05) is 7.05 Å². The number of likely N-dealkylation sites (N-methyl/N-ethyl adjacent to an activating group) is 1. The summed E-state index contributed by atoms with van der Waals surface area (Å²) in [6.07, 6.45) is 0. The highest BCUT2D eigenvalue weighted by Gasteiger charge is 2.15. The Morgan fingerprint density at radius 3 is 2.69 bits per heavy atom. The molecule has 0 heterocycles. The summed E-state index contributed by atoms with van der Waals surface area (Å²) in [6, 6.07) is 3.96. The Balaban J connectivity index is 2.81. The lowest BCUT2D eigenvalue weighted by Gasteiger charge is -2.23. The summed E-state index contributed by atoms with van der Waals surface area (Å²) in [7, 11) is 1.76. The van der Waals surface area contributed by atoms with Gasteiger partial charge in [-0.25, -0.2) is 8.78 Å². The molecule has 5 heteroatoms. The number of rotatable bonds is 4. The molecule has 0 aliphatic rings.